The summed E-state index contributed by atoms with van der Waals surface area (Å²) in [6, 6.07) is 0. The van der Waals surface area contributed by atoms with Crippen molar-refractivity contribution in [3.05, 3.63) is 32.6 Å². The third kappa shape index (κ3) is 8.36. The molecule has 0 saturated heterocycles. The van der Waals surface area contributed by atoms with Crippen molar-refractivity contribution in [3.63, 3.8) is 0 Å². The number of nitrogens with one attached hydrogen (secondary N) is 1. The standard InChI is InChI=1S/C18H31F2N2O5PS/c1-13(2)26-28(25,27-14(3)4)18(19,20)8-6-7-10-29-11-9-22-12-15(5)16(23)21-17(22)24/h12-14H,6-11H2,1-5H3,(H,21,23,24). The average molecular weight is 456 g/mol. The molecule has 0 bridgehead atoms. The summed E-state index contributed by atoms with van der Waals surface area (Å²) in [7, 11) is -4.56. The Labute approximate surface area is 174 Å². The number of aromatic amines is 1. The third-order valence-electron chi connectivity index (χ3n) is 3.78. The van der Waals surface area contributed by atoms with E-state index >= 15 is 0 Å². The first kappa shape index (κ1) is 26.1. The lowest BCUT2D eigenvalue weighted by Crippen LogP contribution is -2.31. The molecule has 168 valence electrons. The van der Waals surface area contributed by atoms with Gasteiger partial charge < -0.3 is 9.05 Å². The van der Waals surface area contributed by atoms with E-state index in [4.69, 9.17) is 9.05 Å². The van der Waals surface area contributed by atoms with Crippen LogP contribution >= 0.6 is 19.4 Å². The van der Waals surface area contributed by atoms with Crippen LogP contribution in [0.25, 0.3) is 0 Å². The van der Waals surface area contributed by atoms with E-state index in [-0.39, 0.29) is 6.42 Å². The Kier molecular flexibility index (Phi) is 10.3. The van der Waals surface area contributed by atoms with Crippen molar-refractivity contribution in [2.45, 2.75) is 78.3 Å². The van der Waals surface area contributed by atoms with E-state index in [0.29, 0.717) is 30.0 Å². The molecule has 1 rings (SSSR count). The molecule has 0 amide bonds. The van der Waals surface area contributed by atoms with Crippen molar-refractivity contribution in [1.29, 1.82) is 0 Å². The topological polar surface area (TPSA) is 90.4 Å². The summed E-state index contributed by atoms with van der Waals surface area (Å²) in [6.07, 6.45) is 0.321. The molecule has 11 heteroatoms. The van der Waals surface area contributed by atoms with Gasteiger partial charge in [-0.1, -0.05) is 0 Å². The van der Waals surface area contributed by atoms with E-state index < -0.39 is 43.1 Å². The van der Waals surface area contributed by atoms with Gasteiger partial charge in [-0.3, -0.25) is 18.9 Å². The summed E-state index contributed by atoms with van der Waals surface area (Å²) in [5, 5.41) is 0. The molecule has 0 saturated carbocycles. The van der Waals surface area contributed by atoms with Crippen molar-refractivity contribution in [2.24, 2.45) is 0 Å². The number of thioether (sulfide) groups is 1. The molecule has 0 atom stereocenters. The van der Waals surface area contributed by atoms with Gasteiger partial charge in [-0.05, 0) is 53.2 Å². The van der Waals surface area contributed by atoms with Crippen LogP contribution in [0.3, 0.4) is 0 Å². The zero-order valence-electron chi connectivity index (χ0n) is 17.6. The molecule has 0 aromatic carbocycles. The third-order valence-corrected chi connectivity index (χ3v) is 7.25. The number of hydrogen-bond acceptors (Lipinski definition) is 6. The first-order valence-electron chi connectivity index (χ1n) is 9.61. The second kappa shape index (κ2) is 11.4. The van der Waals surface area contributed by atoms with Gasteiger partial charge in [0.05, 0.1) is 12.2 Å². The molecule has 0 aliphatic carbocycles. The van der Waals surface area contributed by atoms with Crippen LogP contribution in [0.5, 0.6) is 0 Å². The van der Waals surface area contributed by atoms with Gasteiger partial charge in [-0.2, -0.15) is 20.5 Å². The Hall–Kier alpha value is -0.960. The quantitative estimate of drug-likeness (QED) is 0.350. The summed E-state index contributed by atoms with van der Waals surface area (Å²) >= 11 is 1.52. The maximum absolute atomic E-state index is 14.5. The fourth-order valence-electron chi connectivity index (χ4n) is 2.46. The van der Waals surface area contributed by atoms with E-state index in [0.717, 1.165) is 0 Å². The Bertz CT molecular complexity index is 796. The lowest BCUT2D eigenvalue weighted by molar-refractivity contribution is 0.0126. The number of alkyl halides is 2. The number of rotatable bonds is 13. The number of halogens is 2. The van der Waals surface area contributed by atoms with Crippen molar-refractivity contribution in [3.8, 4) is 0 Å². The maximum Gasteiger partial charge on any atom is 0.400 e. The van der Waals surface area contributed by atoms with Gasteiger partial charge in [0.25, 0.3) is 5.56 Å². The molecule has 1 heterocycles. The van der Waals surface area contributed by atoms with Gasteiger partial charge in [-0.15, -0.1) is 0 Å². The fourth-order valence-corrected chi connectivity index (χ4v) is 5.30. The van der Waals surface area contributed by atoms with Crippen molar-refractivity contribution in [1.82, 2.24) is 9.55 Å². The second-order valence-corrected chi connectivity index (χ2v) is 10.6. The molecular weight excluding hydrogens is 425 g/mol. The zero-order chi connectivity index (χ0) is 22.2. The largest absolute Gasteiger partial charge is 0.400 e. The highest BCUT2D eigenvalue weighted by molar-refractivity contribution is 7.99. The van der Waals surface area contributed by atoms with Crippen LogP contribution in [0, 0.1) is 6.92 Å². The van der Waals surface area contributed by atoms with E-state index in [9.17, 15) is 22.9 Å². The van der Waals surface area contributed by atoms with Gasteiger partial charge >= 0.3 is 18.9 Å². The molecule has 0 aliphatic heterocycles. The molecule has 0 spiro atoms. The minimum Gasteiger partial charge on any atom is -0.302 e. The first-order valence-corrected chi connectivity index (χ1v) is 12.3. The number of unbranched alkanes of at least 4 members (excludes halogenated alkanes) is 1. The lowest BCUT2D eigenvalue weighted by Gasteiger charge is -2.29. The Balaban J connectivity index is 2.44. The maximum atomic E-state index is 14.5. The zero-order valence-corrected chi connectivity index (χ0v) is 19.3. The summed E-state index contributed by atoms with van der Waals surface area (Å²) in [6.45, 7) is 8.19. The molecule has 0 unspecified atom stereocenters. The molecule has 0 radical (unpaired) electrons. The summed E-state index contributed by atoms with van der Waals surface area (Å²) in [5.41, 5.74) is -3.96. The molecular formula is C18H31F2N2O5PS. The van der Waals surface area contributed by atoms with Crippen molar-refractivity contribution in [2.75, 3.05) is 11.5 Å². The number of nitrogens with zero attached hydrogens (tertiary/aromatic N) is 1. The lowest BCUT2D eigenvalue weighted by atomic mass is 10.2. The molecule has 29 heavy (non-hydrogen) atoms. The molecule has 0 aliphatic rings. The smallest absolute Gasteiger partial charge is 0.302 e. The van der Waals surface area contributed by atoms with Crippen LogP contribution in [-0.4, -0.2) is 38.9 Å². The SMILES string of the molecule is Cc1cn(CCSCCCCC(F)(F)P(=O)(OC(C)C)OC(C)C)c(=O)[nH]c1=O. The van der Waals surface area contributed by atoms with Gasteiger partial charge in [0.1, 0.15) is 0 Å². The van der Waals surface area contributed by atoms with Gasteiger partial charge in [0.2, 0.25) is 0 Å². The highest BCUT2D eigenvalue weighted by atomic mass is 32.2. The second-order valence-electron chi connectivity index (χ2n) is 7.31. The van der Waals surface area contributed by atoms with Crippen molar-refractivity contribution >= 4 is 19.4 Å². The first-order chi connectivity index (χ1) is 13.4. The van der Waals surface area contributed by atoms with Crippen LogP contribution < -0.4 is 11.2 Å². The Morgan fingerprint density at radius 1 is 1.14 bits per heavy atom. The van der Waals surface area contributed by atoms with E-state index in [1.54, 1.807) is 6.92 Å². The molecule has 1 aromatic rings. The summed E-state index contributed by atoms with van der Waals surface area (Å²) < 4.78 is 53.1. The minimum absolute atomic E-state index is 0.171. The number of hydrogen-bond donors (Lipinski definition) is 1. The van der Waals surface area contributed by atoms with Gasteiger partial charge in [0.15, 0.2) is 0 Å². The highest BCUT2D eigenvalue weighted by Crippen LogP contribution is 2.65. The Morgan fingerprint density at radius 2 is 1.72 bits per heavy atom. The predicted octanol–water partition coefficient (Wildman–Crippen LogP) is 4.38. The van der Waals surface area contributed by atoms with Crippen molar-refractivity contribution < 1.29 is 22.4 Å². The number of H-pyrrole nitrogens is 1. The number of aryl methyl sites for hydroxylation is 2. The molecule has 1 N–H and O–H groups in total. The van der Waals surface area contributed by atoms with E-state index in [1.807, 2.05) is 0 Å². The number of aromatic nitrogens is 2. The van der Waals surface area contributed by atoms with Crippen LogP contribution in [0.1, 0.15) is 52.5 Å². The minimum atomic E-state index is -4.56. The summed E-state index contributed by atoms with van der Waals surface area (Å²) in [4.78, 5) is 25.3. The van der Waals surface area contributed by atoms with E-state index in [1.165, 1.54) is 50.2 Å². The monoisotopic (exact) mass is 456 g/mol. The molecule has 1 aromatic heterocycles. The highest BCUT2D eigenvalue weighted by Gasteiger charge is 2.53. The van der Waals surface area contributed by atoms with Crippen LogP contribution in [0.15, 0.2) is 15.8 Å². The van der Waals surface area contributed by atoms with Crippen LogP contribution in [0.2, 0.25) is 0 Å². The average Bonchev–Trinajstić information content (AvgIpc) is 2.56. The van der Waals surface area contributed by atoms with Gasteiger partial charge in [0, 0.05) is 30.5 Å². The van der Waals surface area contributed by atoms with Crippen LogP contribution in [-0.2, 0) is 20.2 Å². The van der Waals surface area contributed by atoms with E-state index in [2.05, 4.69) is 4.98 Å². The predicted molar refractivity (Wildman–Crippen MR) is 112 cm³/mol. The molecule has 0 fully saturated rings. The normalized spacial score (nSPS) is 12.9. The van der Waals surface area contributed by atoms with Gasteiger partial charge in [-0.25, -0.2) is 4.79 Å². The van der Waals surface area contributed by atoms with Crippen LogP contribution in [0.4, 0.5) is 8.78 Å². The Morgan fingerprint density at radius 3 is 2.28 bits per heavy atom. The molecule has 7 nitrogen and oxygen atoms in total. The fraction of sp³-hybridized carbons (Fsp3) is 0.778. The summed E-state index contributed by atoms with van der Waals surface area (Å²) in [5.74, 6) is 1.22.